The van der Waals surface area contributed by atoms with Gasteiger partial charge in [-0.15, -0.1) is 0 Å². The fourth-order valence-corrected chi connectivity index (χ4v) is 1.76. The van der Waals surface area contributed by atoms with Crippen LogP contribution in [0.5, 0.6) is 5.75 Å². The zero-order valence-electron chi connectivity index (χ0n) is 9.03. The average Bonchev–Trinajstić information content (AvgIpc) is 2.78. The Morgan fingerprint density at radius 1 is 1.44 bits per heavy atom. The lowest BCUT2D eigenvalue weighted by Gasteiger charge is -2.26. The maximum Gasteiger partial charge on any atom is 0.207 e. The number of rotatable bonds is 3. The molecule has 1 aliphatic rings. The molecule has 2 rings (SSSR count). The Hall–Kier alpha value is -1.17. The number of nitrogens with two attached hydrogens (primary N) is 1. The largest absolute Gasteiger partial charge is 0.494 e. The van der Waals surface area contributed by atoms with E-state index in [-0.39, 0.29) is 12.3 Å². The zero-order valence-corrected chi connectivity index (χ0v) is 9.03. The van der Waals surface area contributed by atoms with Crippen LogP contribution in [0.15, 0.2) is 18.2 Å². The first-order valence-electron chi connectivity index (χ1n) is 5.04. The summed E-state index contributed by atoms with van der Waals surface area (Å²) in [6.45, 7) is 1.08. The van der Waals surface area contributed by atoms with Crippen LogP contribution in [0.1, 0.15) is 5.56 Å². The third-order valence-corrected chi connectivity index (χ3v) is 2.61. The van der Waals surface area contributed by atoms with Gasteiger partial charge in [-0.1, -0.05) is 0 Å². The topological polar surface area (TPSA) is 53.7 Å². The van der Waals surface area contributed by atoms with E-state index in [1.54, 1.807) is 6.07 Å². The van der Waals surface area contributed by atoms with E-state index in [2.05, 4.69) is 0 Å². The fourth-order valence-electron chi connectivity index (χ4n) is 1.76. The van der Waals surface area contributed by atoms with Gasteiger partial charge in [0.1, 0.15) is 0 Å². The van der Waals surface area contributed by atoms with Crippen LogP contribution in [0.3, 0.4) is 0 Å². The van der Waals surface area contributed by atoms with Crippen LogP contribution < -0.4 is 10.5 Å². The monoisotopic (exact) mass is 227 g/mol. The van der Waals surface area contributed by atoms with Crippen molar-refractivity contribution in [2.45, 2.75) is 5.79 Å². The third-order valence-electron chi connectivity index (χ3n) is 2.61. The maximum absolute atomic E-state index is 13.5. The minimum atomic E-state index is -1.01. The van der Waals surface area contributed by atoms with E-state index in [1.165, 1.54) is 19.2 Å². The Bertz CT molecular complexity index is 377. The van der Waals surface area contributed by atoms with Crippen molar-refractivity contribution in [3.63, 3.8) is 0 Å². The molecule has 1 fully saturated rings. The standard InChI is InChI=1S/C11H14FNO3/c1-14-10-3-2-8(6-9(10)12)11(7-13)15-4-5-16-11/h2-3,6H,4-5,7,13H2,1H3. The minimum absolute atomic E-state index is 0.152. The Labute approximate surface area is 93.1 Å². The van der Waals surface area contributed by atoms with Crippen molar-refractivity contribution >= 4 is 0 Å². The molecule has 0 aliphatic carbocycles. The molecule has 0 aromatic heterocycles. The SMILES string of the molecule is COc1ccc(C2(CN)OCCO2)cc1F. The van der Waals surface area contributed by atoms with Crippen molar-refractivity contribution in [2.24, 2.45) is 5.73 Å². The second-order valence-electron chi connectivity index (χ2n) is 3.50. The van der Waals surface area contributed by atoms with Gasteiger partial charge >= 0.3 is 0 Å². The highest BCUT2D eigenvalue weighted by atomic mass is 19.1. The highest BCUT2D eigenvalue weighted by molar-refractivity contribution is 5.32. The van der Waals surface area contributed by atoms with Gasteiger partial charge < -0.3 is 19.9 Å². The Morgan fingerprint density at radius 3 is 2.62 bits per heavy atom. The first kappa shape index (κ1) is 11.3. The van der Waals surface area contributed by atoms with Crippen molar-refractivity contribution in [1.29, 1.82) is 0 Å². The predicted octanol–water partition coefficient (Wildman–Crippen LogP) is 0.993. The molecule has 4 nitrogen and oxygen atoms in total. The maximum atomic E-state index is 13.5. The summed E-state index contributed by atoms with van der Waals surface area (Å²) in [5.74, 6) is -1.27. The lowest BCUT2D eigenvalue weighted by molar-refractivity contribution is -0.157. The summed E-state index contributed by atoms with van der Waals surface area (Å²) in [5.41, 5.74) is 6.19. The van der Waals surface area contributed by atoms with Crippen LogP contribution in [0.25, 0.3) is 0 Å². The smallest absolute Gasteiger partial charge is 0.207 e. The van der Waals surface area contributed by atoms with Crippen LogP contribution >= 0.6 is 0 Å². The molecule has 0 amide bonds. The molecule has 0 unspecified atom stereocenters. The van der Waals surface area contributed by atoms with Crippen LogP contribution in [0.2, 0.25) is 0 Å². The van der Waals surface area contributed by atoms with Gasteiger partial charge in [0.2, 0.25) is 5.79 Å². The van der Waals surface area contributed by atoms with E-state index in [9.17, 15) is 4.39 Å². The van der Waals surface area contributed by atoms with Gasteiger partial charge in [0, 0.05) is 5.56 Å². The minimum Gasteiger partial charge on any atom is -0.494 e. The van der Waals surface area contributed by atoms with Gasteiger partial charge in [-0.05, 0) is 18.2 Å². The van der Waals surface area contributed by atoms with Crippen molar-refractivity contribution in [3.05, 3.63) is 29.6 Å². The quantitative estimate of drug-likeness (QED) is 0.836. The second kappa shape index (κ2) is 4.37. The Kier molecular flexibility index (Phi) is 3.09. The van der Waals surface area contributed by atoms with Gasteiger partial charge in [-0.3, -0.25) is 0 Å². The van der Waals surface area contributed by atoms with Gasteiger partial charge in [0.15, 0.2) is 11.6 Å². The summed E-state index contributed by atoms with van der Waals surface area (Å²) in [6.07, 6.45) is 0. The van der Waals surface area contributed by atoms with E-state index >= 15 is 0 Å². The Balaban J connectivity index is 2.36. The summed E-state index contributed by atoms with van der Waals surface area (Å²) in [5, 5.41) is 0. The molecule has 1 heterocycles. The molecule has 0 radical (unpaired) electrons. The van der Waals surface area contributed by atoms with Gasteiger partial charge in [0.05, 0.1) is 26.9 Å². The molecule has 2 N–H and O–H groups in total. The predicted molar refractivity (Wildman–Crippen MR) is 55.6 cm³/mol. The van der Waals surface area contributed by atoms with Crippen molar-refractivity contribution in [3.8, 4) is 5.75 Å². The molecule has 0 saturated carbocycles. The summed E-state index contributed by atoms with van der Waals surface area (Å²) < 4.78 is 29.3. The van der Waals surface area contributed by atoms with Crippen LogP contribution in [0.4, 0.5) is 4.39 Å². The van der Waals surface area contributed by atoms with E-state index in [0.29, 0.717) is 18.8 Å². The zero-order chi connectivity index (χ0) is 11.6. The van der Waals surface area contributed by atoms with E-state index in [4.69, 9.17) is 19.9 Å². The molecule has 1 aromatic carbocycles. The number of methoxy groups -OCH3 is 1. The highest BCUT2D eigenvalue weighted by Gasteiger charge is 2.37. The molecule has 16 heavy (non-hydrogen) atoms. The molecule has 1 saturated heterocycles. The normalized spacial score (nSPS) is 18.7. The number of ether oxygens (including phenoxy) is 3. The fraction of sp³-hybridized carbons (Fsp3) is 0.455. The van der Waals surface area contributed by atoms with E-state index < -0.39 is 11.6 Å². The lowest BCUT2D eigenvalue weighted by Crippen LogP contribution is -2.36. The molecular weight excluding hydrogens is 213 g/mol. The Morgan fingerprint density at radius 2 is 2.12 bits per heavy atom. The van der Waals surface area contributed by atoms with Crippen molar-refractivity contribution in [2.75, 3.05) is 26.9 Å². The van der Waals surface area contributed by atoms with E-state index in [1.807, 2.05) is 0 Å². The molecule has 88 valence electrons. The summed E-state index contributed by atoms with van der Waals surface area (Å²) >= 11 is 0. The molecule has 0 atom stereocenters. The van der Waals surface area contributed by atoms with Crippen LogP contribution in [0, 0.1) is 5.82 Å². The molecule has 1 aromatic rings. The number of hydrogen-bond acceptors (Lipinski definition) is 4. The number of halogens is 1. The van der Waals surface area contributed by atoms with Gasteiger partial charge in [-0.2, -0.15) is 0 Å². The van der Waals surface area contributed by atoms with Crippen molar-refractivity contribution in [1.82, 2.24) is 0 Å². The summed E-state index contributed by atoms with van der Waals surface area (Å²) in [7, 11) is 1.42. The summed E-state index contributed by atoms with van der Waals surface area (Å²) in [4.78, 5) is 0. The summed E-state index contributed by atoms with van der Waals surface area (Å²) in [6, 6.07) is 4.56. The van der Waals surface area contributed by atoms with Crippen LogP contribution in [-0.2, 0) is 15.3 Å². The first-order valence-corrected chi connectivity index (χ1v) is 5.04. The van der Waals surface area contributed by atoms with Gasteiger partial charge in [0.25, 0.3) is 0 Å². The second-order valence-corrected chi connectivity index (χ2v) is 3.50. The third kappa shape index (κ3) is 1.77. The molecular formula is C11H14FNO3. The molecule has 0 spiro atoms. The van der Waals surface area contributed by atoms with Gasteiger partial charge in [-0.25, -0.2) is 4.39 Å². The number of benzene rings is 1. The average molecular weight is 227 g/mol. The van der Waals surface area contributed by atoms with E-state index in [0.717, 1.165) is 0 Å². The van der Waals surface area contributed by atoms with Crippen molar-refractivity contribution < 1.29 is 18.6 Å². The molecule has 5 heteroatoms. The number of hydrogen-bond donors (Lipinski definition) is 1. The highest BCUT2D eigenvalue weighted by Crippen LogP contribution is 2.32. The van der Waals surface area contributed by atoms with Crippen LogP contribution in [-0.4, -0.2) is 26.9 Å². The molecule has 1 aliphatic heterocycles. The lowest BCUT2D eigenvalue weighted by atomic mass is 10.1. The molecule has 0 bridgehead atoms. The first-order chi connectivity index (χ1) is 7.72.